The summed E-state index contributed by atoms with van der Waals surface area (Å²) < 4.78 is 13.0. The van der Waals surface area contributed by atoms with Crippen LogP contribution in [-0.2, 0) is 16.1 Å². The van der Waals surface area contributed by atoms with E-state index >= 15 is 0 Å². The summed E-state index contributed by atoms with van der Waals surface area (Å²) in [6.45, 7) is 1.22. The van der Waals surface area contributed by atoms with Gasteiger partial charge < -0.3 is 14.8 Å². The Morgan fingerprint density at radius 2 is 2.19 bits per heavy atom. The molecule has 1 fully saturated rings. The van der Waals surface area contributed by atoms with Crippen molar-refractivity contribution < 1.29 is 9.47 Å². The number of aromatic nitrogens is 3. The zero-order chi connectivity index (χ0) is 14.5. The van der Waals surface area contributed by atoms with E-state index < -0.39 is 0 Å². The monoisotopic (exact) mass is 288 g/mol. The van der Waals surface area contributed by atoms with Gasteiger partial charge in [-0.25, -0.2) is 4.68 Å². The quantitative estimate of drug-likeness (QED) is 0.915. The first-order valence-electron chi connectivity index (χ1n) is 7.28. The summed E-state index contributed by atoms with van der Waals surface area (Å²) in [6, 6.07) is 8.00. The predicted octanol–water partition coefficient (Wildman–Crippen LogP) is 2.35. The van der Waals surface area contributed by atoms with Crippen LogP contribution in [0.5, 0.6) is 0 Å². The normalized spacial score (nSPS) is 18.6. The molecular weight excluding hydrogens is 268 g/mol. The number of nitrogens with one attached hydrogen (secondary N) is 1. The van der Waals surface area contributed by atoms with Crippen molar-refractivity contribution in [2.24, 2.45) is 0 Å². The van der Waals surface area contributed by atoms with Gasteiger partial charge >= 0.3 is 0 Å². The molecule has 1 aliphatic rings. The van der Waals surface area contributed by atoms with Crippen LogP contribution in [0.4, 0.5) is 5.69 Å². The molecule has 2 heterocycles. The highest BCUT2D eigenvalue weighted by molar-refractivity contribution is 5.47. The number of hydrogen-bond donors (Lipinski definition) is 1. The van der Waals surface area contributed by atoms with Gasteiger partial charge in [0.2, 0.25) is 0 Å². The largest absolute Gasteiger partial charge is 0.388 e. The Morgan fingerprint density at radius 3 is 2.90 bits per heavy atom. The third kappa shape index (κ3) is 3.59. The van der Waals surface area contributed by atoms with E-state index in [9.17, 15) is 0 Å². The minimum Gasteiger partial charge on any atom is -0.388 e. The topological polar surface area (TPSA) is 61.2 Å². The van der Waals surface area contributed by atoms with Crippen molar-refractivity contribution in [2.45, 2.75) is 32.2 Å². The molecule has 0 radical (unpaired) electrons. The van der Waals surface area contributed by atoms with Crippen LogP contribution >= 0.6 is 0 Å². The fourth-order valence-electron chi connectivity index (χ4n) is 2.29. The maximum atomic E-state index is 5.71. The van der Waals surface area contributed by atoms with E-state index in [0.29, 0.717) is 6.61 Å². The van der Waals surface area contributed by atoms with Gasteiger partial charge in [-0.1, -0.05) is 5.21 Å². The lowest BCUT2D eigenvalue weighted by Gasteiger charge is -2.22. The Morgan fingerprint density at radius 1 is 1.33 bits per heavy atom. The van der Waals surface area contributed by atoms with E-state index in [4.69, 9.17) is 9.47 Å². The molecule has 6 nitrogen and oxygen atoms in total. The van der Waals surface area contributed by atoms with Gasteiger partial charge in [0, 0.05) is 19.3 Å². The van der Waals surface area contributed by atoms with Gasteiger partial charge in [0.05, 0.1) is 18.5 Å². The van der Waals surface area contributed by atoms with E-state index in [1.807, 2.05) is 37.5 Å². The molecule has 1 N–H and O–H groups in total. The van der Waals surface area contributed by atoms with Crippen molar-refractivity contribution in [2.75, 3.05) is 19.0 Å². The van der Waals surface area contributed by atoms with Crippen molar-refractivity contribution in [3.05, 3.63) is 36.2 Å². The molecular formula is C15H20N4O2. The van der Waals surface area contributed by atoms with Crippen LogP contribution in [0.15, 0.2) is 30.5 Å². The summed E-state index contributed by atoms with van der Waals surface area (Å²) >= 11 is 0. The van der Waals surface area contributed by atoms with Gasteiger partial charge in [0.25, 0.3) is 0 Å². The van der Waals surface area contributed by atoms with Crippen LogP contribution in [0.1, 0.15) is 25.0 Å². The zero-order valence-electron chi connectivity index (χ0n) is 12.2. The second kappa shape index (κ2) is 6.69. The molecule has 1 unspecified atom stereocenters. The lowest BCUT2D eigenvalue weighted by atomic mass is 10.2. The zero-order valence-corrected chi connectivity index (χ0v) is 12.2. The number of hydrogen-bond acceptors (Lipinski definition) is 5. The SMILES string of the molecule is CNc1ccc(-n2cc(COC3CCCCO3)nn2)cc1. The highest BCUT2D eigenvalue weighted by Crippen LogP contribution is 2.16. The lowest BCUT2D eigenvalue weighted by Crippen LogP contribution is -2.22. The molecule has 0 bridgehead atoms. The van der Waals surface area contributed by atoms with E-state index in [0.717, 1.165) is 42.9 Å². The van der Waals surface area contributed by atoms with Gasteiger partial charge in [-0.05, 0) is 43.5 Å². The third-order valence-corrected chi connectivity index (χ3v) is 3.52. The lowest BCUT2D eigenvalue weighted by molar-refractivity contribution is -0.169. The van der Waals surface area contributed by atoms with Crippen molar-refractivity contribution in [3.8, 4) is 5.69 Å². The highest BCUT2D eigenvalue weighted by Gasteiger charge is 2.14. The van der Waals surface area contributed by atoms with Crippen molar-refractivity contribution in [1.29, 1.82) is 0 Å². The molecule has 112 valence electrons. The molecule has 0 saturated carbocycles. The minimum atomic E-state index is -0.0983. The molecule has 21 heavy (non-hydrogen) atoms. The molecule has 3 rings (SSSR count). The highest BCUT2D eigenvalue weighted by atomic mass is 16.7. The molecule has 1 saturated heterocycles. The van der Waals surface area contributed by atoms with Crippen molar-refractivity contribution in [1.82, 2.24) is 15.0 Å². The Bertz CT molecular complexity index is 561. The first-order chi connectivity index (χ1) is 10.3. The molecule has 1 atom stereocenters. The standard InChI is InChI=1S/C15H20N4O2/c1-16-12-5-7-14(8-6-12)19-10-13(17-18-19)11-21-15-4-2-3-9-20-15/h5-8,10,15-16H,2-4,9,11H2,1H3. The summed E-state index contributed by atoms with van der Waals surface area (Å²) in [5.41, 5.74) is 2.85. The fraction of sp³-hybridized carbons (Fsp3) is 0.467. The van der Waals surface area contributed by atoms with Gasteiger partial charge in [-0.3, -0.25) is 0 Å². The Balaban J connectivity index is 1.59. The van der Waals surface area contributed by atoms with E-state index in [1.165, 1.54) is 0 Å². The fourth-order valence-corrected chi connectivity index (χ4v) is 2.29. The summed E-state index contributed by atoms with van der Waals surface area (Å²) in [6.07, 6.45) is 5.03. The Hall–Kier alpha value is -1.92. The first-order valence-corrected chi connectivity index (χ1v) is 7.28. The summed E-state index contributed by atoms with van der Waals surface area (Å²) in [5, 5.41) is 11.4. The molecule has 2 aromatic rings. The number of rotatable bonds is 5. The second-order valence-corrected chi connectivity index (χ2v) is 5.06. The maximum Gasteiger partial charge on any atom is 0.158 e. The number of benzene rings is 1. The third-order valence-electron chi connectivity index (χ3n) is 3.52. The van der Waals surface area contributed by atoms with E-state index in [2.05, 4.69) is 15.6 Å². The first kappa shape index (κ1) is 14.0. The minimum absolute atomic E-state index is 0.0983. The summed E-state index contributed by atoms with van der Waals surface area (Å²) in [5.74, 6) is 0. The average molecular weight is 288 g/mol. The number of ether oxygens (including phenoxy) is 2. The molecule has 1 aromatic heterocycles. The van der Waals surface area contributed by atoms with Crippen LogP contribution in [0.25, 0.3) is 5.69 Å². The average Bonchev–Trinajstić information content (AvgIpc) is 3.03. The van der Waals surface area contributed by atoms with E-state index in [-0.39, 0.29) is 6.29 Å². The van der Waals surface area contributed by atoms with Gasteiger partial charge in [-0.2, -0.15) is 0 Å². The number of anilines is 1. The molecule has 0 amide bonds. The molecule has 0 spiro atoms. The molecule has 1 aliphatic heterocycles. The van der Waals surface area contributed by atoms with Crippen molar-refractivity contribution in [3.63, 3.8) is 0 Å². The molecule has 6 heteroatoms. The second-order valence-electron chi connectivity index (χ2n) is 5.06. The van der Waals surface area contributed by atoms with Crippen LogP contribution in [0.3, 0.4) is 0 Å². The smallest absolute Gasteiger partial charge is 0.158 e. The summed E-state index contributed by atoms with van der Waals surface area (Å²) in [4.78, 5) is 0. The van der Waals surface area contributed by atoms with Crippen LogP contribution in [-0.4, -0.2) is 34.9 Å². The van der Waals surface area contributed by atoms with Gasteiger partial charge in [0.1, 0.15) is 5.69 Å². The Labute approximate surface area is 124 Å². The van der Waals surface area contributed by atoms with Gasteiger partial charge in [0.15, 0.2) is 6.29 Å². The van der Waals surface area contributed by atoms with Crippen LogP contribution < -0.4 is 5.32 Å². The van der Waals surface area contributed by atoms with Crippen LogP contribution in [0, 0.1) is 0 Å². The molecule has 1 aromatic carbocycles. The van der Waals surface area contributed by atoms with Crippen molar-refractivity contribution >= 4 is 5.69 Å². The predicted molar refractivity (Wildman–Crippen MR) is 79.3 cm³/mol. The molecule has 0 aliphatic carbocycles. The van der Waals surface area contributed by atoms with Crippen LogP contribution in [0.2, 0.25) is 0 Å². The maximum absolute atomic E-state index is 5.71. The summed E-state index contributed by atoms with van der Waals surface area (Å²) in [7, 11) is 1.90. The van der Waals surface area contributed by atoms with E-state index in [1.54, 1.807) is 4.68 Å². The Kier molecular flexibility index (Phi) is 4.47. The number of nitrogens with zero attached hydrogens (tertiary/aromatic N) is 3. The van der Waals surface area contributed by atoms with Gasteiger partial charge in [-0.15, -0.1) is 5.10 Å².